The molecule has 0 saturated carbocycles. The van der Waals surface area contributed by atoms with E-state index in [0.717, 1.165) is 17.7 Å². The molecule has 0 saturated heterocycles. The number of oxazole rings is 1. The number of nitrogens with zero attached hydrogens (tertiary/aromatic N) is 1. The summed E-state index contributed by atoms with van der Waals surface area (Å²) in [4.78, 5) is 17.2. The molecule has 0 aliphatic carbocycles. The number of ether oxygens (including phenoxy) is 3. The van der Waals surface area contributed by atoms with Crippen molar-refractivity contribution in [2.45, 2.75) is 26.4 Å². The highest BCUT2D eigenvalue weighted by atomic mass is 16.5. The van der Waals surface area contributed by atoms with E-state index in [-0.39, 0.29) is 12.0 Å². The number of rotatable bonds is 8. The fraction of sp³-hybridized carbons (Fsp3) is 0.231. The highest BCUT2D eigenvalue weighted by Gasteiger charge is 2.13. The standard InChI is InChI=1S/C26H26N2O5/c1-5-16(2)32-20-10-6-17(7-11-20)25(29)27-19-9-13-22-21(15-19)28-26(33-22)18-8-12-23(30-3)24(14-18)31-4/h6-16H,5H2,1-4H3,(H,27,29)/t16-/m1/s1. The van der Waals surface area contributed by atoms with E-state index in [4.69, 9.17) is 18.6 Å². The Morgan fingerprint density at radius 2 is 1.76 bits per heavy atom. The average Bonchev–Trinajstić information content (AvgIpc) is 3.27. The van der Waals surface area contributed by atoms with Crippen LogP contribution in [0.25, 0.3) is 22.6 Å². The third-order valence-electron chi connectivity index (χ3n) is 5.30. The minimum atomic E-state index is -0.215. The van der Waals surface area contributed by atoms with Crippen molar-refractivity contribution in [2.75, 3.05) is 19.5 Å². The molecule has 4 aromatic rings. The van der Waals surface area contributed by atoms with Gasteiger partial charge in [-0.25, -0.2) is 4.98 Å². The smallest absolute Gasteiger partial charge is 0.255 e. The molecule has 4 rings (SSSR count). The van der Waals surface area contributed by atoms with Crippen molar-refractivity contribution in [2.24, 2.45) is 0 Å². The van der Waals surface area contributed by atoms with Crippen molar-refractivity contribution in [1.82, 2.24) is 4.98 Å². The number of methoxy groups -OCH3 is 2. The maximum atomic E-state index is 12.7. The summed E-state index contributed by atoms with van der Waals surface area (Å²) in [5.41, 5.74) is 3.17. The van der Waals surface area contributed by atoms with E-state index < -0.39 is 0 Å². The van der Waals surface area contributed by atoms with Gasteiger partial charge in [-0.3, -0.25) is 4.79 Å². The van der Waals surface area contributed by atoms with Crippen LogP contribution in [0.1, 0.15) is 30.6 Å². The maximum Gasteiger partial charge on any atom is 0.255 e. The van der Waals surface area contributed by atoms with Gasteiger partial charge in [0, 0.05) is 16.8 Å². The van der Waals surface area contributed by atoms with Gasteiger partial charge in [0.2, 0.25) is 5.89 Å². The average molecular weight is 447 g/mol. The number of carbonyl (C=O) groups is 1. The molecular weight excluding hydrogens is 420 g/mol. The molecule has 3 aromatic carbocycles. The minimum absolute atomic E-state index is 0.128. The van der Waals surface area contributed by atoms with Crippen LogP contribution in [-0.2, 0) is 0 Å². The molecule has 1 heterocycles. The van der Waals surface area contributed by atoms with Crippen LogP contribution in [0.2, 0.25) is 0 Å². The van der Waals surface area contributed by atoms with E-state index in [1.165, 1.54) is 0 Å². The van der Waals surface area contributed by atoms with Crippen LogP contribution in [0.3, 0.4) is 0 Å². The number of benzene rings is 3. The van der Waals surface area contributed by atoms with Crippen LogP contribution in [0.4, 0.5) is 5.69 Å². The number of fused-ring (bicyclic) bond motifs is 1. The van der Waals surface area contributed by atoms with E-state index >= 15 is 0 Å². The van der Waals surface area contributed by atoms with Gasteiger partial charge >= 0.3 is 0 Å². The number of anilines is 1. The van der Waals surface area contributed by atoms with Crippen LogP contribution in [0, 0.1) is 0 Å². The summed E-state index contributed by atoms with van der Waals surface area (Å²) in [6.45, 7) is 4.08. The zero-order valence-electron chi connectivity index (χ0n) is 19.0. The second-order valence-corrected chi connectivity index (χ2v) is 7.59. The molecule has 0 aliphatic rings. The number of amides is 1. The largest absolute Gasteiger partial charge is 0.493 e. The molecule has 1 amide bonds. The fourth-order valence-electron chi connectivity index (χ4n) is 3.30. The van der Waals surface area contributed by atoms with Crippen molar-refractivity contribution < 1.29 is 23.4 Å². The van der Waals surface area contributed by atoms with Gasteiger partial charge in [-0.1, -0.05) is 6.92 Å². The predicted octanol–water partition coefficient (Wildman–Crippen LogP) is 5.94. The van der Waals surface area contributed by atoms with Crippen molar-refractivity contribution in [3.05, 3.63) is 66.2 Å². The van der Waals surface area contributed by atoms with Crippen molar-refractivity contribution in [3.8, 4) is 28.7 Å². The first kappa shape index (κ1) is 22.2. The Hall–Kier alpha value is -4.00. The Bertz CT molecular complexity index is 1260. The summed E-state index contributed by atoms with van der Waals surface area (Å²) < 4.78 is 22.3. The van der Waals surface area contributed by atoms with Crippen LogP contribution in [-0.4, -0.2) is 31.2 Å². The lowest BCUT2D eigenvalue weighted by molar-refractivity contribution is 0.102. The summed E-state index contributed by atoms with van der Waals surface area (Å²) in [6, 6.07) is 17.9. The molecule has 0 unspecified atom stereocenters. The SMILES string of the molecule is CC[C@@H](C)Oc1ccc(C(=O)Nc2ccc3oc(-c4ccc(OC)c(OC)c4)nc3c2)cc1. The molecule has 0 spiro atoms. The van der Waals surface area contributed by atoms with E-state index in [1.807, 2.05) is 13.0 Å². The second kappa shape index (κ2) is 9.65. The molecule has 0 aliphatic heterocycles. The lowest BCUT2D eigenvalue weighted by Gasteiger charge is -2.12. The fourth-order valence-corrected chi connectivity index (χ4v) is 3.30. The molecule has 0 fully saturated rings. The molecule has 33 heavy (non-hydrogen) atoms. The first-order chi connectivity index (χ1) is 16.0. The molecule has 170 valence electrons. The Labute approximate surface area is 192 Å². The predicted molar refractivity (Wildman–Crippen MR) is 127 cm³/mol. The summed E-state index contributed by atoms with van der Waals surface area (Å²) in [7, 11) is 3.16. The maximum absolute atomic E-state index is 12.7. The molecule has 0 bridgehead atoms. The van der Waals surface area contributed by atoms with Crippen LogP contribution < -0.4 is 19.5 Å². The van der Waals surface area contributed by atoms with Crippen molar-refractivity contribution in [3.63, 3.8) is 0 Å². The van der Waals surface area contributed by atoms with Crippen molar-refractivity contribution in [1.29, 1.82) is 0 Å². The normalized spacial score (nSPS) is 11.8. The molecule has 0 radical (unpaired) electrons. The summed E-state index contributed by atoms with van der Waals surface area (Å²) in [5, 5.41) is 2.91. The van der Waals surface area contributed by atoms with Gasteiger partial charge in [0.05, 0.1) is 20.3 Å². The van der Waals surface area contributed by atoms with Crippen LogP contribution >= 0.6 is 0 Å². The van der Waals surface area contributed by atoms with Crippen molar-refractivity contribution >= 4 is 22.7 Å². The van der Waals surface area contributed by atoms with E-state index in [2.05, 4.69) is 17.2 Å². The summed E-state index contributed by atoms with van der Waals surface area (Å²) in [6.07, 6.45) is 1.04. The van der Waals surface area contributed by atoms with Gasteiger partial charge in [0.1, 0.15) is 11.3 Å². The second-order valence-electron chi connectivity index (χ2n) is 7.59. The quantitative estimate of drug-likeness (QED) is 0.361. The lowest BCUT2D eigenvalue weighted by atomic mass is 10.2. The number of hydrogen-bond donors (Lipinski definition) is 1. The van der Waals surface area contributed by atoms with E-state index in [0.29, 0.717) is 39.7 Å². The highest BCUT2D eigenvalue weighted by molar-refractivity contribution is 6.05. The summed E-state index contributed by atoms with van der Waals surface area (Å²) >= 11 is 0. The van der Waals surface area contributed by atoms with Gasteiger partial charge in [-0.15, -0.1) is 0 Å². The summed E-state index contributed by atoms with van der Waals surface area (Å²) in [5.74, 6) is 2.19. The minimum Gasteiger partial charge on any atom is -0.493 e. The van der Waals surface area contributed by atoms with E-state index in [1.54, 1.807) is 68.8 Å². The Morgan fingerprint density at radius 1 is 1.00 bits per heavy atom. The zero-order valence-corrected chi connectivity index (χ0v) is 19.0. The first-order valence-electron chi connectivity index (χ1n) is 10.7. The first-order valence-corrected chi connectivity index (χ1v) is 10.7. The van der Waals surface area contributed by atoms with Gasteiger partial charge in [-0.2, -0.15) is 0 Å². The Balaban J connectivity index is 1.51. The molecule has 1 atom stereocenters. The number of hydrogen-bond acceptors (Lipinski definition) is 6. The highest BCUT2D eigenvalue weighted by Crippen LogP contribution is 2.33. The van der Waals surface area contributed by atoms with Gasteiger partial charge < -0.3 is 23.9 Å². The molecule has 1 N–H and O–H groups in total. The third-order valence-corrected chi connectivity index (χ3v) is 5.30. The Morgan fingerprint density at radius 3 is 2.45 bits per heavy atom. The zero-order chi connectivity index (χ0) is 23.4. The number of carbonyl (C=O) groups excluding carboxylic acids is 1. The van der Waals surface area contributed by atoms with Crippen LogP contribution in [0.5, 0.6) is 17.2 Å². The topological polar surface area (TPSA) is 82.8 Å². The molecule has 7 heteroatoms. The molecular formula is C26H26N2O5. The lowest BCUT2D eigenvalue weighted by Crippen LogP contribution is -2.12. The molecule has 7 nitrogen and oxygen atoms in total. The van der Waals surface area contributed by atoms with Gasteiger partial charge in [-0.05, 0) is 74.0 Å². The number of aromatic nitrogens is 1. The Kier molecular flexibility index (Phi) is 6.49. The van der Waals surface area contributed by atoms with Gasteiger partial charge in [0.25, 0.3) is 5.91 Å². The van der Waals surface area contributed by atoms with Crippen LogP contribution in [0.15, 0.2) is 65.1 Å². The van der Waals surface area contributed by atoms with E-state index in [9.17, 15) is 4.79 Å². The monoisotopic (exact) mass is 446 g/mol. The molecule has 1 aromatic heterocycles. The number of nitrogens with one attached hydrogen (secondary N) is 1. The third kappa shape index (κ3) is 4.92. The van der Waals surface area contributed by atoms with Gasteiger partial charge in [0.15, 0.2) is 17.1 Å².